The van der Waals surface area contributed by atoms with Crippen molar-refractivity contribution in [3.63, 3.8) is 0 Å². The van der Waals surface area contributed by atoms with Crippen LogP contribution in [0.5, 0.6) is 0 Å². The van der Waals surface area contributed by atoms with E-state index in [0.29, 0.717) is 13.1 Å². The normalized spacial score (nSPS) is 17.4. The largest absolute Gasteiger partial charge is 0.442 e. The molecule has 2 N–H and O–H groups in total. The van der Waals surface area contributed by atoms with Gasteiger partial charge in [-0.15, -0.1) is 0 Å². The summed E-state index contributed by atoms with van der Waals surface area (Å²) in [5, 5.41) is 6.38. The summed E-state index contributed by atoms with van der Waals surface area (Å²) in [6, 6.07) is 40.6. The van der Waals surface area contributed by atoms with Gasteiger partial charge in [-0.25, -0.2) is 4.79 Å². The van der Waals surface area contributed by atoms with Crippen LogP contribution in [0.4, 0.5) is 4.79 Å². The molecule has 1 saturated heterocycles. The fourth-order valence-corrected chi connectivity index (χ4v) is 4.77. The SMILES string of the molecule is O=C1N[C@H](CNCc2ccccc2)[C@@H](COC(c2ccccc2)(c2ccccc2)c2ccccc2)O1. The Labute approximate surface area is 212 Å². The van der Waals surface area contributed by atoms with E-state index in [1.165, 1.54) is 5.56 Å². The smallest absolute Gasteiger partial charge is 0.407 e. The van der Waals surface area contributed by atoms with Gasteiger partial charge in [0.05, 0.1) is 12.6 Å². The number of rotatable bonds is 10. The van der Waals surface area contributed by atoms with Gasteiger partial charge in [-0.2, -0.15) is 0 Å². The minimum atomic E-state index is -0.860. The molecule has 5 rings (SSSR count). The third kappa shape index (κ3) is 5.18. The second-order valence-corrected chi connectivity index (χ2v) is 8.90. The van der Waals surface area contributed by atoms with Gasteiger partial charge in [-0.3, -0.25) is 0 Å². The summed E-state index contributed by atoms with van der Waals surface area (Å²) in [7, 11) is 0. The number of carbonyl (C=O) groups excluding carboxylic acids is 1. The van der Waals surface area contributed by atoms with Crippen molar-refractivity contribution in [2.75, 3.05) is 13.2 Å². The minimum absolute atomic E-state index is 0.207. The van der Waals surface area contributed by atoms with E-state index in [1.54, 1.807) is 0 Å². The van der Waals surface area contributed by atoms with E-state index in [2.05, 4.69) is 59.2 Å². The molecule has 182 valence electrons. The second-order valence-electron chi connectivity index (χ2n) is 8.90. The van der Waals surface area contributed by atoms with E-state index in [-0.39, 0.29) is 12.6 Å². The van der Waals surface area contributed by atoms with Gasteiger partial charge in [0.15, 0.2) is 0 Å². The number of hydrogen-bond donors (Lipinski definition) is 2. The van der Waals surface area contributed by atoms with Gasteiger partial charge in [0.1, 0.15) is 11.7 Å². The highest BCUT2D eigenvalue weighted by atomic mass is 16.6. The maximum absolute atomic E-state index is 12.2. The lowest BCUT2D eigenvalue weighted by molar-refractivity contribution is -0.0363. The molecule has 0 bridgehead atoms. The first kappa shape index (κ1) is 23.8. The molecule has 0 unspecified atom stereocenters. The maximum atomic E-state index is 12.2. The van der Waals surface area contributed by atoms with Crippen molar-refractivity contribution >= 4 is 6.09 Å². The molecule has 4 aromatic rings. The first-order valence-corrected chi connectivity index (χ1v) is 12.3. The zero-order valence-corrected chi connectivity index (χ0v) is 20.0. The van der Waals surface area contributed by atoms with Crippen LogP contribution in [-0.2, 0) is 21.6 Å². The standard InChI is InChI=1S/C31H30N2O3/c34-30-33-28(22-32-21-24-13-5-1-6-14-24)29(36-30)23-35-31(25-15-7-2-8-16-25,26-17-9-3-10-18-26)27-19-11-4-12-20-27/h1-20,28-29,32H,21-23H2,(H,33,34)/t28-,29-/m1/s1. The number of hydrogen-bond acceptors (Lipinski definition) is 4. The first-order chi connectivity index (χ1) is 17.8. The molecule has 0 saturated carbocycles. The van der Waals surface area contributed by atoms with E-state index in [9.17, 15) is 4.79 Å². The highest BCUT2D eigenvalue weighted by molar-refractivity contribution is 5.70. The first-order valence-electron chi connectivity index (χ1n) is 12.3. The van der Waals surface area contributed by atoms with Gasteiger partial charge >= 0.3 is 6.09 Å². The van der Waals surface area contributed by atoms with E-state index in [0.717, 1.165) is 16.7 Å². The summed E-state index contributed by atoms with van der Waals surface area (Å²) in [5.74, 6) is 0. The number of benzene rings is 4. The van der Waals surface area contributed by atoms with Gasteiger partial charge in [-0.05, 0) is 22.3 Å². The van der Waals surface area contributed by atoms with Crippen molar-refractivity contribution < 1.29 is 14.3 Å². The Balaban J connectivity index is 1.41. The predicted octanol–water partition coefficient (Wildman–Crippen LogP) is 5.26. The molecule has 2 atom stereocenters. The molecule has 1 heterocycles. The van der Waals surface area contributed by atoms with Crippen LogP contribution in [-0.4, -0.2) is 31.4 Å². The summed E-state index contributed by atoms with van der Waals surface area (Å²) in [6.07, 6.45) is -0.851. The quantitative estimate of drug-likeness (QED) is 0.305. The Kier molecular flexibility index (Phi) is 7.41. The molecular formula is C31H30N2O3. The average Bonchev–Trinajstić information content (AvgIpc) is 3.30. The molecule has 5 heteroatoms. The van der Waals surface area contributed by atoms with E-state index >= 15 is 0 Å². The monoisotopic (exact) mass is 478 g/mol. The van der Waals surface area contributed by atoms with Crippen molar-refractivity contribution in [3.05, 3.63) is 144 Å². The molecule has 1 amide bonds. The lowest BCUT2D eigenvalue weighted by Gasteiger charge is -2.37. The van der Waals surface area contributed by atoms with Crippen molar-refractivity contribution in [3.8, 4) is 0 Å². The highest BCUT2D eigenvalue weighted by Crippen LogP contribution is 2.40. The topological polar surface area (TPSA) is 59.6 Å². The molecule has 36 heavy (non-hydrogen) atoms. The Morgan fingerprint density at radius 1 is 0.722 bits per heavy atom. The Bertz CT molecular complexity index is 1140. The highest BCUT2D eigenvalue weighted by Gasteiger charge is 2.41. The van der Waals surface area contributed by atoms with Crippen LogP contribution in [0.2, 0.25) is 0 Å². The molecule has 0 aromatic heterocycles. The number of cyclic esters (lactones) is 1. The van der Waals surface area contributed by atoms with Crippen molar-refractivity contribution in [2.45, 2.75) is 24.3 Å². The summed E-state index contributed by atoms with van der Waals surface area (Å²) in [4.78, 5) is 12.2. The third-order valence-corrected chi connectivity index (χ3v) is 6.55. The fraction of sp³-hybridized carbons (Fsp3) is 0.194. The Morgan fingerprint density at radius 2 is 1.19 bits per heavy atom. The Hall–Kier alpha value is -3.93. The lowest BCUT2D eigenvalue weighted by atomic mass is 9.80. The molecule has 1 fully saturated rings. The van der Waals surface area contributed by atoms with Crippen LogP contribution in [0.15, 0.2) is 121 Å². The second kappa shape index (κ2) is 11.2. The zero-order chi connectivity index (χ0) is 24.6. The van der Waals surface area contributed by atoms with E-state index in [1.807, 2.05) is 72.8 Å². The zero-order valence-electron chi connectivity index (χ0n) is 20.0. The number of alkyl carbamates (subject to hydrolysis) is 1. The molecule has 0 radical (unpaired) electrons. The molecule has 1 aliphatic heterocycles. The summed E-state index contributed by atoms with van der Waals surface area (Å²) < 4.78 is 12.5. The molecule has 5 nitrogen and oxygen atoms in total. The lowest BCUT2D eigenvalue weighted by Crippen LogP contribution is -2.44. The number of amides is 1. The summed E-state index contributed by atoms with van der Waals surface area (Å²) in [5.41, 5.74) is 3.36. The van der Waals surface area contributed by atoms with Gasteiger partial charge in [0.2, 0.25) is 0 Å². The molecule has 0 aliphatic carbocycles. The van der Waals surface area contributed by atoms with Crippen LogP contribution in [0.3, 0.4) is 0 Å². The predicted molar refractivity (Wildman–Crippen MR) is 141 cm³/mol. The molecule has 1 aliphatic rings. The van der Waals surface area contributed by atoms with Crippen LogP contribution < -0.4 is 10.6 Å². The number of nitrogens with one attached hydrogen (secondary N) is 2. The maximum Gasteiger partial charge on any atom is 0.407 e. The van der Waals surface area contributed by atoms with Crippen LogP contribution in [0.25, 0.3) is 0 Å². The third-order valence-electron chi connectivity index (χ3n) is 6.55. The van der Waals surface area contributed by atoms with Crippen LogP contribution >= 0.6 is 0 Å². The average molecular weight is 479 g/mol. The van der Waals surface area contributed by atoms with Gasteiger partial charge < -0.3 is 20.1 Å². The minimum Gasteiger partial charge on any atom is -0.442 e. The molecule has 0 spiro atoms. The van der Waals surface area contributed by atoms with Crippen molar-refractivity contribution in [1.82, 2.24) is 10.6 Å². The summed E-state index contributed by atoms with van der Waals surface area (Å²) in [6.45, 7) is 1.52. The van der Waals surface area contributed by atoms with Crippen molar-refractivity contribution in [1.29, 1.82) is 0 Å². The van der Waals surface area contributed by atoms with E-state index in [4.69, 9.17) is 9.47 Å². The van der Waals surface area contributed by atoms with Gasteiger partial charge in [-0.1, -0.05) is 121 Å². The van der Waals surface area contributed by atoms with Crippen LogP contribution in [0.1, 0.15) is 22.3 Å². The molecule has 4 aromatic carbocycles. The Morgan fingerprint density at radius 3 is 1.69 bits per heavy atom. The van der Waals surface area contributed by atoms with Gasteiger partial charge in [0, 0.05) is 13.1 Å². The van der Waals surface area contributed by atoms with Gasteiger partial charge in [0.25, 0.3) is 0 Å². The van der Waals surface area contributed by atoms with Crippen molar-refractivity contribution in [2.24, 2.45) is 0 Å². The number of carbonyl (C=O) groups is 1. The fourth-order valence-electron chi connectivity index (χ4n) is 4.77. The molecular weight excluding hydrogens is 448 g/mol. The number of ether oxygens (including phenoxy) is 2. The van der Waals surface area contributed by atoms with Crippen LogP contribution in [0, 0.1) is 0 Å². The summed E-state index contributed by atoms with van der Waals surface area (Å²) >= 11 is 0. The van der Waals surface area contributed by atoms with E-state index < -0.39 is 17.8 Å².